The van der Waals surface area contributed by atoms with Crippen LogP contribution in [-0.4, -0.2) is 20.3 Å². The van der Waals surface area contributed by atoms with Crippen LogP contribution in [0.15, 0.2) is 0 Å². The molecule has 0 spiro atoms. The van der Waals surface area contributed by atoms with Gasteiger partial charge in [0, 0.05) is 18.0 Å². The molecule has 0 atom stereocenters. The Morgan fingerprint density at radius 2 is 2.00 bits per heavy atom. The highest BCUT2D eigenvalue weighted by molar-refractivity contribution is 5.07. The predicted octanol–water partition coefficient (Wildman–Crippen LogP) is 1.74. The molecular formula is C12H20N4. The quantitative estimate of drug-likeness (QED) is 0.844. The van der Waals surface area contributed by atoms with Gasteiger partial charge in [-0.1, -0.05) is 12.8 Å². The molecule has 2 N–H and O–H groups in total. The van der Waals surface area contributed by atoms with E-state index in [0.717, 1.165) is 30.9 Å². The smallest absolute Gasteiger partial charge is 0.135 e. The molecule has 0 bridgehead atoms. The molecule has 0 aliphatic heterocycles. The van der Waals surface area contributed by atoms with E-state index in [9.17, 15) is 0 Å². The monoisotopic (exact) mass is 220 g/mol. The molecule has 4 heteroatoms. The molecule has 0 amide bonds. The summed E-state index contributed by atoms with van der Waals surface area (Å²) >= 11 is 0. The van der Waals surface area contributed by atoms with Gasteiger partial charge in [0.2, 0.25) is 0 Å². The second-order valence-electron chi connectivity index (χ2n) is 5.51. The SMILES string of the molecule is Cc1nnc(CC2(N)CCCC2)n1C1CC1. The maximum atomic E-state index is 6.41. The molecule has 16 heavy (non-hydrogen) atoms. The average molecular weight is 220 g/mol. The standard InChI is InChI=1S/C12H20N4/c1-9-14-15-11(16(9)10-4-5-10)8-12(13)6-2-3-7-12/h10H,2-8,13H2,1H3. The van der Waals surface area contributed by atoms with Crippen LogP contribution in [0.5, 0.6) is 0 Å². The molecule has 3 rings (SSSR count). The summed E-state index contributed by atoms with van der Waals surface area (Å²) in [5.41, 5.74) is 6.40. The molecule has 0 unspecified atom stereocenters. The Morgan fingerprint density at radius 1 is 1.31 bits per heavy atom. The third kappa shape index (κ3) is 1.75. The minimum Gasteiger partial charge on any atom is -0.325 e. The molecule has 0 saturated heterocycles. The summed E-state index contributed by atoms with van der Waals surface area (Å²) in [6, 6.07) is 0.662. The van der Waals surface area contributed by atoms with Crippen LogP contribution in [0.25, 0.3) is 0 Å². The number of nitrogens with two attached hydrogens (primary N) is 1. The van der Waals surface area contributed by atoms with E-state index in [1.807, 2.05) is 6.92 Å². The predicted molar refractivity (Wildman–Crippen MR) is 62.1 cm³/mol. The van der Waals surface area contributed by atoms with Gasteiger partial charge in [-0.05, 0) is 32.6 Å². The lowest BCUT2D eigenvalue weighted by Gasteiger charge is -2.23. The molecule has 1 heterocycles. The van der Waals surface area contributed by atoms with E-state index in [4.69, 9.17) is 5.73 Å². The van der Waals surface area contributed by atoms with Crippen molar-refractivity contribution in [2.24, 2.45) is 5.73 Å². The van der Waals surface area contributed by atoms with Crippen LogP contribution < -0.4 is 5.73 Å². The van der Waals surface area contributed by atoms with Crippen molar-refractivity contribution in [3.63, 3.8) is 0 Å². The van der Waals surface area contributed by atoms with Gasteiger partial charge in [-0.2, -0.15) is 0 Å². The summed E-state index contributed by atoms with van der Waals surface area (Å²) < 4.78 is 2.31. The highest BCUT2D eigenvalue weighted by Gasteiger charge is 2.34. The summed E-state index contributed by atoms with van der Waals surface area (Å²) in [5, 5.41) is 8.53. The second-order valence-corrected chi connectivity index (χ2v) is 5.51. The minimum atomic E-state index is -0.00782. The molecular weight excluding hydrogens is 200 g/mol. The number of rotatable bonds is 3. The molecule has 2 fully saturated rings. The van der Waals surface area contributed by atoms with Crippen molar-refractivity contribution < 1.29 is 0 Å². The Hall–Kier alpha value is -0.900. The van der Waals surface area contributed by atoms with E-state index in [0.29, 0.717) is 6.04 Å². The zero-order valence-electron chi connectivity index (χ0n) is 9.95. The lowest BCUT2D eigenvalue weighted by molar-refractivity contribution is 0.416. The van der Waals surface area contributed by atoms with Gasteiger partial charge < -0.3 is 10.3 Å². The van der Waals surface area contributed by atoms with Gasteiger partial charge in [0.1, 0.15) is 11.6 Å². The van der Waals surface area contributed by atoms with Crippen LogP contribution >= 0.6 is 0 Å². The number of aryl methyl sites for hydroxylation is 1. The van der Waals surface area contributed by atoms with Crippen molar-refractivity contribution in [1.29, 1.82) is 0 Å². The Labute approximate surface area is 96.2 Å². The number of hydrogen-bond acceptors (Lipinski definition) is 3. The van der Waals surface area contributed by atoms with Crippen LogP contribution in [-0.2, 0) is 6.42 Å². The first kappa shape index (κ1) is 10.3. The number of aromatic nitrogens is 3. The van der Waals surface area contributed by atoms with E-state index >= 15 is 0 Å². The van der Waals surface area contributed by atoms with Crippen molar-refractivity contribution >= 4 is 0 Å². The summed E-state index contributed by atoms with van der Waals surface area (Å²) in [6.07, 6.45) is 8.30. The van der Waals surface area contributed by atoms with E-state index in [-0.39, 0.29) is 5.54 Å². The van der Waals surface area contributed by atoms with Crippen molar-refractivity contribution in [2.75, 3.05) is 0 Å². The molecule has 2 saturated carbocycles. The maximum Gasteiger partial charge on any atom is 0.135 e. The largest absolute Gasteiger partial charge is 0.325 e. The van der Waals surface area contributed by atoms with Gasteiger partial charge in [0.15, 0.2) is 0 Å². The average Bonchev–Trinajstić information content (AvgIpc) is 2.89. The Balaban J connectivity index is 1.83. The fourth-order valence-electron chi connectivity index (χ4n) is 2.91. The zero-order chi connectivity index (χ0) is 11.2. The third-order valence-electron chi connectivity index (χ3n) is 3.96. The summed E-state index contributed by atoms with van der Waals surface area (Å²) in [4.78, 5) is 0. The van der Waals surface area contributed by atoms with Crippen molar-refractivity contribution in [3.8, 4) is 0 Å². The summed E-state index contributed by atoms with van der Waals surface area (Å²) in [5.74, 6) is 2.17. The molecule has 1 aromatic rings. The first-order chi connectivity index (χ1) is 7.68. The van der Waals surface area contributed by atoms with E-state index < -0.39 is 0 Å². The van der Waals surface area contributed by atoms with E-state index in [1.165, 1.54) is 25.7 Å². The molecule has 0 radical (unpaired) electrons. The highest BCUT2D eigenvalue weighted by Crippen LogP contribution is 2.38. The number of hydrogen-bond donors (Lipinski definition) is 1. The van der Waals surface area contributed by atoms with Gasteiger partial charge in [-0.15, -0.1) is 10.2 Å². The second kappa shape index (κ2) is 3.55. The molecule has 2 aliphatic carbocycles. The molecule has 2 aliphatic rings. The first-order valence-corrected chi connectivity index (χ1v) is 6.37. The van der Waals surface area contributed by atoms with Crippen molar-refractivity contribution in [3.05, 3.63) is 11.6 Å². The molecule has 88 valence electrons. The Kier molecular flexibility index (Phi) is 2.28. The van der Waals surface area contributed by atoms with Crippen molar-refractivity contribution in [2.45, 2.75) is 63.5 Å². The van der Waals surface area contributed by atoms with Gasteiger partial charge in [0.05, 0.1) is 0 Å². The van der Waals surface area contributed by atoms with Gasteiger partial charge in [0.25, 0.3) is 0 Å². The first-order valence-electron chi connectivity index (χ1n) is 6.37. The van der Waals surface area contributed by atoms with Crippen molar-refractivity contribution in [1.82, 2.24) is 14.8 Å². The zero-order valence-corrected chi connectivity index (χ0v) is 9.95. The Morgan fingerprint density at radius 3 is 2.62 bits per heavy atom. The van der Waals surface area contributed by atoms with Crippen LogP contribution in [0.2, 0.25) is 0 Å². The maximum absolute atomic E-state index is 6.41. The molecule has 1 aromatic heterocycles. The lowest BCUT2D eigenvalue weighted by atomic mass is 9.94. The summed E-state index contributed by atoms with van der Waals surface area (Å²) in [6.45, 7) is 2.05. The van der Waals surface area contributed by atoms with Crippen LogP contribution in [0, 0.1) is 6.92 Å². The normalized spacial score (nSPS) is 23.9. The fraction of sp³-hybridized carbons (Fsp3) is 0.833. The minimum absolute atomic E-state index is 0.00782. The topological polar surface area (TPSA) is 56.7 Å². The van der Waals surface area contributed by atoms with E-state index in [1.54, 1.807) is 0 Å². The van der Waals surface area contributed by atoms with Crippen LogP contribution in [0.4, 0.5) is 0 Å². The lowest BCUT2D eigenvalue weighted by Crippen LogP contribution is -2.39. The summed E-state index contributed by atoms with van der Waals surface area (Å²) in [7, 11) is 0. The van der Waals surface area contributed by atoms with Crippen LogP contribution in [0.3, 0.4) is 0 Å². The highest BCUT2D eigenvalue weighted by atomic mass is 15.3. The van der Waals surface area contributed by atoms with Gasteiger partial charge >= 0.3 is 0 Å². The van der Waals surface area contributed by atoms with Gasteiger partial charge in [-0.25, -0.2) is 0 Å². The Bertz CT molecular complexity index is 386. The van der Waals surface area contributed by atoms with Crippen LogP contribution in [0.1, 0.15) is 56.2 Å². The third-order valence-corrected chi connectivity index (χ3v) is 3.96. The molecule has 0 aromatic carbocycles. The van der Waals surface area contributed by atoms with E-state index in [2.05, 4.69) is 14.8 Å². The number of nitrogens with zero attached hydrogens (tertiary/aromatic N) is 3. The fourth-order valence-corrected chi connectivity index (χ4v) is 2.91. The van der Waals surface area contributed by atoms with Gasteiger partial charge in [-0.3, -0.25) is 0 Å². The molecule has 4 nitrogen and oxygen atoms in total.